The molecule has 1 N–H and O–H groups in total. The van der Waals surface area contributed by atoms with Gasteiger partial charge in [0.2, 0.25) is 15.9 Å². The standard InChI is InChI=1S/C19H20ClF2N3O4S2/c1-12(18(26)24-13-4-6-16(15(20)10-13)29-19(21)22)30-17-7-5-14(11-23-17)31(27,28)25-8-2-3-9-25/h4-7,10-12,19H,2-3,8-9H2,1H3,(H,24,26). The van der Waals surface area contributed by atoms with Crippen LogP contribution >= 0.6 is 23.4 Å². The van der Waals surface area contributed by atoms with Gasteiger partial charge in [-0.3, -0.25) is 4.79 Å². The van der Waals surface area contributed by atoms with Gasteiger partial charge in [0.25, 0.3) is 0 Å². The highest BCUT2D eigenvalue weighted by Crippen LogP contribution is 2.30. The molecular weight excluding hydrogens is 472 g/mol. The SMILES string of the molecule is CC(Sc1ccc(S(=O)(=O)N2CCCC2)cn1)C(=O)Nc1ccc(OC(F)F)c(Cl)c1. The minimum Gasteiger partial charge on any atom is -0.433 e. The lowest BCUT2D eigenvalue weighted by Gasteiger charge is -2.16. The molecule has 1 fully saturated rings. The van der Waals surface area contributed by atoms with Crippen LogP contribution in [0.25, 0.3) is 0 Å². The molecule has 1 aromatic heterocycles. The number of sulfonamides is 1. The van der Waals surface area contributed by atoms with Crippen molar-refractivity contribution in [1.29, 1.82) is 0 Å². The minimum absolute atomic E-state index is 0.0603. The summed E-state index contributed by atoms with van der Waals surface area (Å²) in [6.45, 7) is -0.324. The molecule has 1 atom stereocenters. The van der Waals surface area contributed by atoms with Gasteiger partial charge in [-0.1, -0.05) is 23.4 Å². The van der Waals surface area contributed by atoms with Gasteiger partial charge in [0, 0.05) is 25.0 Å². The topological polar surface area (TPSA) is 88.6 Å². The molecule has 1 amide bonds. The van der Waals surface area contributed by atoms with Gasteiger partial charge in [0.05, 0.1) is 15.3 Å². The second kappa shape index (κ2) is 10.1. The van der Waals surface area contributed by atoms with E-state index >= 15 is 0 Å². The quantitative estimate of drug-likeness (QED) is 0.556. The van der Waals surface area contributed by atoms with Gasteiger partial charge in [0.1, 0.15) is 10.6 Å². The van der Waals surface area contributed by atoms with Crippen LogP contribution in [0.5, 0.6) is 5.75 Å². The van der Waals surface area contributed by atoms with Gasteiger partial charge < -0.3 is 10.1 Å². The molecular formula is C19H20ClF2N3O4S2. The summed E-state index contributed by atoms with van der Waals surface area (Å²) < 4.78 is 55.4. The van der Waals surface area contributed by atoms with E-state index < -0.39 is 21.9 Å². The number of alkyl halides is 2. The highest BCUT2D eigenvalue weighted by atomic mass is 35.5. The summed E-state index contributed by atoms with van der Waals surface area (Å²) in [4.78, 5) is 16.7. The number of ether oxygens (including phenoxy) is 1. The number of hydrogen-bond acceptors (Lipinski definition) is 6. The van der Waals surface area contributed by atoms with Gasteiger partial charge in [-0.2, -0.15) is 13.1 Å². The second-order valence-corrected chi connectivity index (χ2v) is 10.4. The van der Waals surface area contributed by atoms with Crippen molar-refractivity contribution in [2.24, 2.45) is 0 Å². The maximum atomic E-state index is 12.5. The Balaban J connectivity index is 1.60. The third-order valence-corrected chi connectivity index (χ3v) is 7.72. The van der Waals surface area contributed by atoms with Gasteiger partial charge in [-0.05, 0) is 50.1 Å². The number of carbonyl (C=O) groups excluding carboxylic acids is 1. The van der Waals surface area contributed by atoms with Crippen LogP contribution in [0.15, 0.2) is 46.5 Å². The number of nitrogens with one attached hydrogen (secondary N) is 1. The van der Waals surface area contributed by atoms with Crippen molar-refractivity contribution in [3.05, 3.63) is 41.6 Å². The number of amides is 1. The molecule has 2 aromatic rings. The van der Waals surface area contributed by atoms with Crippen molar-refractivity contribution in [2.75, 3.05) is 18.4 Å². The van der Waals surface area contributed by atoms with Crippen LogP contribution in [-0.4, -0.2) is 48.6 Å². The normalized spacial score (nSPS) is 15.8. The Kier molecular flexibility index (Phi) is 7.73. The maximum absolute atomic E-state index is 12.5. The molecule has 2 heterocycles. The fourth-order valence-electron chi connectivity index (χ4n) is 2.92. The fourth-order valence-corrected chi connectivity index (χ4v) is 5.39. The van der Waals surface area contributed by atoms with Gasteiger partial charge in [-0.15, -0.1) is 0 Å². The van der Waals surface area contributed by atoms with Crippen molar-refractivity contribution in [3.63, 3.8) is 0 Å². The zero-order valence-electron chi connectivity index (χ0n) is 16.4. The monoisotopic (exact) mass is 491 g/mol. The van der Waals surface area contributed by atoms with E-state index in [-0.39, 0.29) is 21.6 Å². The first-order valence-corrected chi connectivity index (χ1v) is 12.0. The molecule has 3 rings (SSSR count). The molecule has 1 saturated heterocycles. The summed E-state index contributed by atoms with van der Waals surface area (Å²) in [6, 6.07) is 6.99. The molecule has 0 spiro atoms. The van der Waals surface area contributed by atoms with E-state index in [9.17, 15) is 22.0 Å². The van der Waals surface area contributed by atoms with Gasteiger partial charge in [0.15, 0.2) is 0 Å². The zero-order chi connectivity index (χ0) is 22.6. The molecule has 7 nitrogen and oxygen atoms in total. The van der Waals surface area contributed by atoms with Crippen LogP contribution in [0, 0.1) is 0 Å². The molecule has 0 bridgehead atoms. The van der Waals surface area contributed by atoms with E-state index in [1.54, 1.807) is 13.0 Å². The summed E-state index contributed by atoms with van der Waals surface area (Å²) in [7, 11) is -3.54. The lowest BCUT2D eigenvalue weighted by molar-refractivity contribution is -0.115. The van der Waals surface area contributed by atoms with E-state index in [4.69, 9.17) is 11.6 Å². The smallest absolute Gasteiger partial charge is 0.387 e. The highest BCUT2D eigenvalue weighted by molar-refractivity contribution is 8.00. The molecule has 1 unspecified atom stereocenters. The maximum Gasteiger partial charge on any atom is 0.387 e. The lowest BCUT2D eigenvalue weighted by Crippen LogP contribution is -2.28. The Morgan fingerprint density at radius 3 is 2.55 bits per heavy atom. The average Bonchev–Trinajstić information content (AvgIpc) is 3.26. The molecule has 168 valence electrons. The molecule has 0 radical (unpaired) electrons. The third kappa shape index (κ3) is 6.06. The van der Waals surface area contributed by atoms with Crippen LogP contribution in [0.3, 0.4) is 0 Å². The minimum atomic E-state index is -3.54. The van der Waals surface area contributed by atoms with Crippen LogP contribution in [0.2, 0.25) is 5.02 Å². The van der Waals surface area contributed by atoms with Crippen LogP contribution in [-0.2, 0) is 14.8 Å². The van der Waals surface area contributed by atoms with Crippen molar-refractivity contribution < 1.29 is 26.7 Å². The van der Waals surface area contributed by atoms with Crippen LogP contribution in [0.4, 0.5) is 14.5 Å². The number of anilines is 1. The molecule has 1 aromatic carbocycles. The van der Waals surface area contributed by atoms with Crippen LogP contribution < -0.4 is 10.1 Å². The summed E-state index contributed by atoms with van der Waals surface area (Å²) in [5, 5.41) is 2.50. The number of hydrogen-bond donors (Lipinski definition) is 1. The molecule has 1 aliphatic rings. The number of pyridine rings is 1. The first-order chi connectivity index (χ1) is 14.7. The first-order valence-electron chi connectivity index (χ1n) is 9.35. The number of benzene rings is 1. The Morgan fingerprint density at radius 2 is 1.97 bits per heavy atom. The zero-order valence-corrected chi connectivity index (χ0v) is 18.8. The predicted molar refractivity (Wildman–Crippen MR) is 114 cm³/mol. The first kappa shape index (κ1) is 23.7. The summed E-state index contributed by atoms with van der Waals surface area (Å²) in [5.41, 5.74) is 0.323. The van der Waals surface area contributed by atoms with Crippen molar-refractivity contribution >= 4 is 45.0 Å². The molecule has 0 saturated carbocycles. The molecule has 0 aliphatic carbocycles. The number of rotatable bonds is 8. The Hall–Kier alpha value is -1.95. The largest absolute Gasteiger partial charge is 0.433 e. The number of thioether (sulfide) groups is 1. The number of carbonyl (C=O) groups is 1. The van der Waals surface area contributed by atoms with Gasteiger partial charge in [-0.25, -0.2) is 13.4 Å². The molecule has 1 aliphatic heterocycles. The fraction of sp³-hybridized carbons (Fsp3) is 0.368. The Morgan fingerprint density at radius 1 is 1.26 bits per heavy atom. The average molecular weight is 492 g/mol. The van der Waals surface area contributed by atoms with Crippen molar-refractivity contribution in [2.45, 2.75) is 41.5 Å². The van der Waals surface area contributed by atoms with E-state index in [1.165, 1.54) is 34.8 Å². The summed E-state index contributed by atoms with van der Waals surface area (Å²) in [5.74, 6) is -0.551. The Bertz CT molecular complexity index is 1030. The van der Waals surface area contributed by atoms with E-state index in [0.29, 0.717) is 23.8 Å². The van der Waals surface area contributed by atoms with Gasteiger partial charge >= 0.3 is 6.61 Å². The Labute approximate surface area is 188 Å². The predicted octanol–water partition coefficient (Wildman–Crippen LogP) is 4.24. The van der Waals surface area contributed by atoms with E-state index in [2.05, 4.69) is 15.0 Å². The van der Waals surface area contributed by atoms with Crippen molar-refractivity contribution in [3.8, 4) is 5.75 Å². The second-order valence-electron chi connectivity index (χ2n) is 6.72. The van der Waals surface area contributed by atoms with Crippen molar-refractivity contribution in [1.82, 2.24) is 9.29 Å². The van der Waals surface area contributed by atoms with Crippen LogP contribution in [0.1, 0.15) is 19.8 Å². The third-order valence-electron chi connectivity index (χ3n) is 4.49. The summed E-state index contributed by atoms with van der Waals surface area (Å²) in [6.07, 6.45) is 2.99. The lowest BCUT2D eigenvalue weighted by atomic mass is 10.3. The number of nitrogens with zero attached hydrogens (tertiary/aromatic N) is 2. The van der Waals surface area contributed by atoms with E-state index in [1.807, 2.05) is 0 Å². The molecule has 31 heavy (non-hydrogen) atoms. The highest BCUT2D eigenvalue weighted by Gasteiger charge is 2.27. The molecule has 12 heteroatoms. The number of halogens is 3. The van der Waals surface area contributed by atoms with E-state index in [0.717, 1.165) is 24.6 Å². The summed E-state index contributed by atoms with van der Waals surface area (Å²) >= 11 is 7.04. The number of aromatic nitrogens is 1.